The fourth-order valence-electron chi connectivity index (χ4n) is 4.06. The molecule has 9 heteroatoms. The highest BCUT2D eigenvalue weighted by molar-refractivity contribution is 6.07. The molecule has 0 aliphatic carbocycles. The van der Waals surface area contributed by atoms with Crippen molar-refractivity contribution in [3.05, 3.63) is 76.1 Å². The van der Waals surface area contributed by atoms with E-state index in [2.05, 4.69) is 4.98 Å². The molecule has 4 rings (SSSR count). The number of nitrogens with zero attached hydrogens (tertiary/aromatic N) is 2. The number of rotatable bonds is 6. The quantitative estimate of drug-likeness (QED) is 0.382. The number of benzene rings is 2. The number of carbonyl (C=O) groups is 1. The zero-order valence-corrected chi connectivity index (χ0v) is 19.8. The van der Waals surface area contributed by atoms with E-state index in [1.165, 1.54) is 57.3 Å². The van der Waals surface area contributed by atoms with Crippen molar-refractivity contribution in [1.82, 2.24) is 9.55 Å². The molecule has 2 aromatic heterocycles. The summed E-state index contributed by atoms with van der Waals surface area (Å²) in [6.07, 6.45) is 1.57. The van der Waals surface area contributed by atoms with Crippen LogP contribution in [0.5, 0.6) is 17.2 Å². The van der Waals surface area contributed by atoms with Crippen molar-refractivity contribution in [2.45, 2.75) is 6.92 Å². The first-order valence-electron chi connectivity index (χ1n) is 10.5. The SMILES string of the molecule is COC(=O)c1c(C)nc2ccn(-c3cc(OC)c(OC)c(OC)c3)c(=O)c2c1-c1ccc(F)cc1. The smallest absolute Gasteiger partial charge is 0.340 e. The number of hydrogen-bond donors (Lipinski definition) is 0. The third kappa shape index (κ3) is 4.05. The van der Waals surface area contributed by atoms with Crippen LogP contribution in [-0.2, 0) is 4.74 Å². The molecule has 0 amide bonds. The molecule has 0 fully saturated rings. The topological polar surface area (TPSA) is 88.9 Å². The fourth-order valence-corrected chi connectivity index (χ4v) is 4.06. The molecular formula is C26H23FN2O6. The van der Waals surface area contributed by atoms with Gasteiger partial charge >= 0.3 is 5.97 Å². The number of pyridine rings is 2. The highest BCUT2D eigenvalue weighted by atomic mass is 19.1. The molecule has 4 aromatic rings. The van der Waals surface area contributed by atoms with Gasteiger partial charge in [-0.1, -0.05) is 12.1 Å². The summed E-state index contributed by atoms with van der Waals surface area (Å²) >= 11 is 0. The maximum atomic E-state index is 13.9. The van der Waals surface area contributed by atoms with Crippen LogP contribution in [0.3, 0.4) is 0 Å². The van der Waals surface area contributed by atoms with Crippen molar-refractivity contribution in [2.24, 2.45) is 0 Å². The first-order chi connectivity index (χ1) is 16.8. The van der Waals surface area contributed by atoms with Gasteiger partial charge in [0.15, 0.2) is 11.5 Å². The Morgan fingerprint density at radius 1 is 0.943 bits per heavy atom. The summed E-state index contributed by atoms with van der Waals surface area (Å²) in [5, 5.41) is 0.179. The summed E-state index contributed by atoms with van der Waals surface area (Å²) in [4.78, 5) is 31.1. The number of fused-ring (bicyclic) bond motifs is 1. The van der Waals surface area contributed by atoms with Crippen molar-refractivity contribution in [3.63, 3.8) is 0 Å². The average Bonchev–Trinajstić information content (AvgIpc) is 2.87. The van der Waals surface area contributed by atoms with E-state index in [1.807, 2.05) is 0 Å². The molecule has 0 aliphatic rings. The molecule has 0 saturated carbocycles. The van der Waals surface area contributed by atoms with E-state index < -0.39 is 17.3 Å². The van der Waals surface area contributed by atoms with Crippen LogP contribution in [0.2, 0.25) is 0 Å². The predicted molar refractivity (Wildman–Crippen MR) is 128 cm³/mol. The van der Waals surface area contributed by atoms with Gasteiger partial charge in [0, 0.05) is 23.9 Å². The van der Waals surface area contributed by atoms with Gasteiger partial charge in [0.25, 0.3) is 5.56 Å². The Morgan fingerprint density at radius 3 is 2.11 bits per heavy atom. The van der Waals surface area contributed by atoms with Gasteiger partial charge in [0.2, 0.25) is 5.75 Å². The van der Waals surface area contributed by atoms with Gasteiger partial charge in [-0.3, -0.25) is 14.3 Å². The number of ether oxygens (including phenoxy) is 4. The molecule has 0 atom stereocenters. The lowest BCUT2D eigenvalue weighted by Crippen LogP contribution is -2.21. The maximum absolute atomic E-state index is 13.9. The second kappa shape index (κ2) is 9.46. The van der Waals surface area contributed by atoms with Crippen molar-refractivity contribution < 1.29 is 28.1 Å². The maximum Gasteiger partial charge on any atom is 0.340 e. The second-order valence-electron chi connectivity index (χ2n) is 7.58. The van der Waals surface area contributed by atoms with Crippen molar-refractivity contribution in [1.29, 1.82) is 0 Å². The number of hydrogen-bond acceptors (Lipinski definition) is 7. The van der Waals surface area contributed by atoms with E-state index in [1.54, 1.807) is 31.3 Å². The highest BCUT2D eigenvalue weighted by Crippen LogP contribution is 2.39. The van der Waals surface area contributed by atoms with Gasteiger partial charge in [-0.05, 0) is 30.7 Å². The molecule has 0 aliphatic heterocycles. The van der Waals surface area contributed by atoms with E-state index in [0.29, 0.717) is 45.3 Å². The number of esters is 1. The summed E-state index contributed by atoms with van der Waals surface area (Å²) in [7, 11) is 5.69. The Balaban J connectivity index is 2.12. The lowest BCUT2D eigenvalue weighted by molar-refractivity contribution is 0.0600. The summed E-state index contributed by atoms with van der Waals surface area (Å²) in [6, 6.07) is 10.5. The van der Waals surface area contributed by atoms with Gasteiger partial charge in [-0.15, -0.1) is 0 Å². The van der Waals surface area contributed by atoms with Crippen molar-refractivity contribution in [3.8, 4) is 34.1 Å². The fraction of sp³-hybridized carbons (Fsp3) is 0.192. The Morgan fingerprint density at radius 2 is 1.57 bits per heavy atom. The molecule has 8 nitrogen and oxygen atoms in total. The second-order valence-corrected chi connectivity index (χ2v) is 7.58. The molecule has 0 spiro atoms. The Bertz CT molecular complexity index is 1470. The summed E-state index contributed by atoms with van der Waals surface area (Å²) in [5.74, 6) is 0.0109. The van der Waals surface area contributed by atoms with Crippen LogP contribution in [0.4, 0.5) is 4.39 Å². The number of aryl methyl sites for hydroxylation is 1. The monoisotopic (exact) mass is 478 g/mol. The molecule has 0 unspecified atom stereocenters. The minimum atomic E-state index is -0.654. The minimum absolute atomic E-state index is 0.131. The number of halogens is 1. The lowest BCUT2D eigenvalue weighted by atomic mass is 9.95. The average molecular weight is 478 g/mol. The number of aromatic nitrogens is 2. The van der Waals surface area contributed by atoms with Crippen LogP contribution in [0.25, 0.3) is 27.7 Å². The molecule has 0 saturated heterocycles. The molecule has 2 aromatic carbocycles. The Hall–Kier alpha value is -4.40. The summed E-state index contributed by atoms with van der Waals surface area (Å²) in [5.41, 5.74) is 1.67. The summed E-state index contributed by atoms with van der Waals surface area (Å²) < 4.78 is 36.3. The molecule has 0 bridgehead atoms. The summed E-state index contributed by atoms with van der Waals surface area (Å²) in [6.45, 7) is 1.66. The van der Waals surface area contributed by atoms with Crippen LogP contribution in [0.15, 0.2) is 53.5 Å². The van der Waals surface area contributed by atoms with E-state index in [0.717, 1.165) is 0 Å². The normalized spacial score (nSPS) is 10.8. The van der Waals surface area contributed by atoms with Gasteiger partial charge < -0.3 is 18.9 Å². The third-order valence-corrected chi connectivity index (χ3v) is 5.67. The van der Waals surface area contributed by atoms with Crippen molar-refractivity contribution in [2.75, 3.05) is 28.4 Å². The molecule has 35 heavy (non-hydrogen) atoms. The third-order valence-electron chi connectivity index (χ3n) is 5.67. The zero-order chi connectivity index (χ0) is 25.3. The van der Waals surface area contributed by atoms with E-state index in [-0.39, 0.29) is 10.9 Å². The first-order valence-corrected chi connectivity index (χ1v) is 10.5. The van der Waals surface area contributed by atoms with Crippen LogP contribution in [0.1, 0.15) is 16.1 Å². The Labute approximate surface area is 200 Å². The molecule has 0 N–H and O–H groups in total. The van der Waals surface area contributed by atoms with Crippen LogP contribution in [0, 0.1) is 12.7 Å². The number of carbonyl (C=O) groups excluding carboxylic acids is 1. The van der Waals surface area contributed by atoms with E-state index in [4.69, 9.17) is 18.9 Å². The van der Waals surface area contributed by atoms with Crippen LogP contribution >= 0.6 is 0 Å². The molecule has 0 radical (unpaired) electrons. The number of methoxy groups -OCH3 is 4. The molecule has 2 heterocycles. The predicted octanol–water partition coefficient (Wildman–Crippen LogP) is 4.31. The zero-order valence-electron chi connectivity index (χ0n) is 19.8. The van der Waals surface area contributed by atoms with Gasteiger partial charge in [0.05, 0.1) is 56.3 Å². The van der Waals surface area contributed by atoms with E-state index >= 15 is 0 Å². The van der Waals surface area contributed by atoms with Crippen molar-refractivity contribution >= 4 is 16.9 Å². The molecule has 180 valence electrons. The highest BCUT2D eigenvalue weighted by Gasteiger charge is 2.24. The van der Waals surface area contributed by atoms with Crippen LogP contribution in [-0.4, -0.2) is 44.0 Å². The largest absolute Gasteiger partial charge is 0.493 e. The van der Waals surface area contributed by atoms with Gasteiger partial charge in [-0.2, -0.15) is 0 Å². The lowest BCUT2D eigenvalue weighted by Gasteiger charge is -2.17. The minimum Gasteiger partial charge on any atom is -0.493 e. The standard InChI is InChI=1S/C26H23FN2O6/c1-14-21(26(31)35-5)22(15-6-8-16(27)9-7-15)23-18(28-14)10-11-29(25(23)30)17-12-19(32-2)24(34-4)20(13-17)33-3/h6-13H,1-5H3. The first kappa shape index (κ1) is 23.7. The van der Waals surface area contributed by atoms with Crippen LogP contribution < -0.4 is 19.8 Å². The van der Waals surface area contributed by atoms with Gasteiger partial charge in [-0.25, -0.2) is 9.18 Å². The molecular weight excluding hydrogens is 455 g/mol. The van der Waals surface area contributed by atoms with Gasteiger partial charge in [0.1, 0.15) is 5.82 Å². The van der Waals surface area contributed by atoms with E-state index in [9.17, 15) is 14.0 Å². The Kier molecular flexibility index (Phi) is 6.42.